The highest BCUT2D eigenvalue weighted by molar-refractivity contribution is 6.30. The van der Waals surface area contributed by atoms with Crippen molar-refractivity contribution in [3.63, 3.8) is 0 Å². The first-order valence-electron chi connectivity index (χ1n) is 6.89. The molecule has 2 unspecified atom stereocenters. The zero-order valence-electron chi connectivity index (χ0n) is 11.7. The van der Waals surface area contributed by atoms with Gasteiger partial charge in [0.25, 0.3) is 0 Å². The van der Waals surface area contributed by atoms with Crippen molar-refractivity contribution in [3.8, 4) is 0 Å². The molecule has 1 saturated heterocycles. The average molecular weight is 283 g/mol. The zero-order valence-corrected chi connectivity index (χ0v) is 12.4. The highest BCUT2D eigenvalue weighted by Gasteiger charge is 2.28. The smallest absolute Gasteiger partial charge is 0.0595 e. The van der Waals surface area contributed by atoms with E-state index in [1.54, 1.807) is 7.11 Å². The van der Waals surface area contributed by atoms with E-state index < -0.39 is 0 Å². The van der Waals surface area contributed by atoms with Crippen molar-refractivity contribution in [1.82, 2.24) is 4.90 Å². The number of piperidine rings is 1. The van der Waals surface area contributed by atoms with Gasteiger partial charge >= 0.3 is 0 Å². The third-order valence-electron chi connectivity index (χ3n) is 3.89. The molecule has 19 heavy (non-hydrogen) atoms. The van der Waals surface area contributed by atoms with Crippen molar-refractivity contribution in [2.75, 3.05) is 20.2 Å². The summed E-state index contributed by atoms with van der Waals surface area (Å²) in [4.78, 5) is 2.45. The van der Waals surface area contributed by atoms with E-state index in [4.69, 9.17) is 22.1 Å². The number of rotatable bonds is 4. The predicted molar refractivity (Wildman–Crippen MR) is 79.4 cm³/mol. The van der Waals surface area contributed by atoms with Crippen LogP contribution in [0.15, 0.2) is 24.3 Å². The summed E-state index contributed by atoms with van der Waals surface area (Å²) in [6, 6.07) is 8.35. The van der Waals surface area contributed by atoms with Crippen molar-refractivity contribution in [2.24, 2.45) is 5.73 Å². The van der Waals surface area contributed by atoms with E-state index in [0.717, 1.165) is 31.0 Å². The van der Waals surface area contributed by atoms with Crippen LogP contribution >= 0.6 is 11.6 Å². The van der Waals surface area contributed by atoms with Gasteiger partial charge in [-0.05, 0) is 37.5 Å². The first-order valence-corrected chi connectivity index (χ1v) is 7.27. The SMILES string of the molecule is COC1CCN(C(c2cccc(Cl)c2)C(C)N)CC1. The Morgan fingerprint density at radius 2 is 2.05 bits per heavy atom. The molecule has 1 fully saturated rings. The molecule has 2 N–H and O–H groups in total. The number of hydrogen-bond acceptors (Lipinski definition) is 3. The van der Waals surface area contributed by atoms with Crippen LogP contribution in [0.3, 0.4) is 0 Å². The number of likely N-dealkylation sites (tertiary alicyclic amines) is 1. The number of methoxy groups -OCH3 is 1. The van der Waals surface area contributed by atoms with Crippen LogP contribution in [0.2, 0.25) is 5.02 Å². The standard InChI is InChI=1S/C15H23ClN2O/c1-11(17)15(12-4-3-5-13(16)10-12)18-8-6-14(19-2)7-9-18/h3-5,10-11,14-15H,6-9,17H2,1-2H3. The van der Waals surface area contributed by atoms with Gasteiger partial charge in [-0.25, -0.2) is 0 Å². The van der Waals surface area contributed by atoms with Crippen LogP contribution in [0, 0.1) is 0 Å². The summed E-state index contributed by atoms with van der Waals surface area (Å²) in [6.07, 6.45) is 2.53. The Bertz CT molecular complexity index is 403. The summed E-state index contributed by atoms with van der Waals surface area (Å²) in [5.41, 5.74) is 7.41. The van der Waals surface area contributed by atoms with Crippen LogP contribution < -0.4 is 5.73 Å². The summed E-state index contributed by atoms with van der Waals surface area (Å²) >= 11 is 6.10. The van der Waals surface area contributed by atoms with Crippen molar-refractivity contribution >= 4 is 11.6 Å². The van der Waals surface area contributed by atoms with Crippen LogP contribution in [0.5, 0.6) is 0 Å². The van der Waals surface area contributed by atoms with E-state index in [0.29, 0.717) is 6.10 Å². The highest BCUT2D eigenvalue weighted by atomic mass is 35.5. The molecule has 0 amide bonds. The van der Waals surface area contributed by atoms with Gasteiger partial charge in [-0.2, -0.15) is 0 Å². The van der Waals surface area contributed by atoms with Gasteiger partial charge in [0.15, 0.2) is 0 Å². The van der Waals surface area contributed by atoms with Crippen molar-refractivity contribution < 1.29 is 4.74 Å². The maximum absolute atomic E-state index is 6.20. The number of ether oxygens (including phenoxy) is 1. The van der Waals surface area contributed by atoms with Gasteiger partial charge in [-0.1, -0.05) is 23.7 Å². The zero-order chi connectivity index (χ0) is 13.8. The van der Waals surface area contributed by atoms with E-state index >= 15 is 0 Å². The number of benzene rings is 1. The summed E-state index contributed by atoms with van der Waals surface area (Å²) in [5.74, 6) is 0. The second-order valence-electron chi connectivity index (χ2n) is 5.33. The topological polar surface area (TPSA) is 38.5 Å². The van der Waals surface area contributed by atoms with Gasteiger partial charge in [0.2, 0.25) is 0 Å². The Labute approximate surface area is 120 Å². The van der Waals surface area contributed by atoms with E-state index in [-0.39, 0.29) is 12.1 Å². The Morgan fingerprint density at radius 1 is 1.37 bits per heavy atom. The molecule has 0 aromatic heterocycles. The Morgan fingerprint density at radius 3 is 2.58 bits per heavy atom. The van der Waals surface area contributed by atoms with Crippen LogP contribution in [-0.2, 0) is 4.74 Å². The number of hydrogen-bond donors (Lipinski definition) is 1. The van der Waals surface area contributed by atoms with Gasteiger partial charge in [0, 0.05) is 37.3 Å². The maximum Gasteiger partial charge on any atom is 0.0595 e. The summed E-state index contributed by atoms with van der Waals surface area (Å²) in [6.45, 7) is 4.11. The minimum Gasteiger partial charge on any atom is -0.381 e. The van der Waals surface area contributed by atoms with Gasteiger partial charge < -0.3 is 10.5 Å². The van der Waals surface area contributed by atoms with Crippen molar-refractivity contribution in [3.05, 3.63) is 34.9 Å². The monoisotopic (exact) mass is 282 g/mol. The van der Waals surface area contributed by atoms with Crippen molar-refractivity contribution in [2.45, 2.75) is 38.0 Å². The predicted octanol–water partition coefficient (Wildman–Crippen LogP) is 2.84. The Hall–Kier alpha value is -0.610. The lowest BCUT2D eigenvalue weighted by Gasteiger charge is -2.39. The summed E-state index contributed by atoms with van der Waals surface area (Å²) in [5, 5.41) is 0.773. The molecular weight excluding hydrogens is 260 g/mol. The first kappa shape index (κ1) is 14.8. The molecule has 1 aliphatic rings. The largest absolute Gasteiger partial charge is 0.381 e. The molecule has 1 aromatic carbocycles. The molecule has 1 aromatic rings. The lowest BCUT2D eigenvalue weighted by atomic mass is 9.96. The van der Waals surface area contributed by atoms with E-state index in [2.05, 4.69) is 17.9 Å². The third kappa shape index (κ3) is 3.69. The summed E-state index contributed by atoms with van der Waals surface area (Å²) < 4.78 is 5.43. The quantitative estimate of drug-likeness (QED) is 0.923. The van der Waals surface area contributed by atoms with E-state index in [1.807, 2.05) is 18.2 Å². The molecule has 106 valence electrons. The highest BCUT2D eigenvalue weighted by Crippen LogP contribution is 2.29. The van der Waals surface area contributed by atoms with Crippen LogP contribution in [0.25, 0.3) is 0 Å². The van der Waals surface area contributed by atoms with Crippen LogP contribution in [0.1, 0.15) is 31.4 Å². The number of halogens is 1. The minimum atomic E-state index is 0.0811. The normalized spacial score (nSPS) is 21.3. The molecule has 4 heteroatoms. The number of nitrogens with two attached hydrogens (primary N) is 1. The van der Waals surface area contributed by atoms with E-state index in [9.17, 15) is 0 Å². The molecule has 2 atom stereocenters. The van der Waals surface area contributed by atoms with Crippen LogP contribution in [0.4, 0.5) is 0 Å². The molecule has 0 saturated carbocycles. The second-order valence-corrected chi connectivity index (χ2v) is 5.77. The fourth-order valence-corrected chi connectivity index (χ4v) is 3.13. The molecule has 0 aliphatic carbocycles. The second kappa shape index (κ2) is 6.71. The average Bonchev–Trinajstić information content (AvgIpc) is 2.39. The lowest BCUT2D eigenvalue weighted by molar-refractivity contribution is 0.0234. The molecule has 0 radical (unpaired) electrons. The van der Waals surface area contributed by atoms with Gasteiger partial charge in [0.05, 0.1) is 6.10 Å². The molecule has 2 rings (SSSR count). The molecule has 0 bridgehead atoms. The van der Waals surface area contributed by atoms with Gasteiger partial charge in [-0.15, -0.1) is 0 Å². The Kier molecular flexibility index (Phi) is 5.22. The molecular formula is C15H23ClN2O. The van der Waals surface area contributed by atoms with Gasteiger partial charge in [-0.3, -0.25) is 4.90 Å². The van der Waals surface area contributed by atoms with Crippen molar-refractivity contribution in [1.29, 1.82) is 0 Å². The molecule has 1 heterocycles. The van der Waals surface area contributed by atoms with E-state index in [1.165, 1.54) is 5.56 Å². The fraction of sp³-hybridized carbons (Fsp3) is 0.600. The Balaban J connectivity index is 2.13. The molecule has 1 aliphatic heterocycles. The third-order valence-corrected chi connectivity index (χ3v) is 4.13. The van der Waals surface area contributed by atoms with Crippen LogP contribution in [-0.4, -0.2) is 37.2 Å². The summed E-state index contributed by atoms with van der Waals surface area (Å²) in [7, 11) is 1.79. The molecule has 0 spiro atoms. The first-order chi connectivity index (χ1) is 9.11. The maximum atomic E-state index is 6.20. The van der Waals surface area contributed by atoms with Gasteiger partial charge in [0.1, 0.15) is 0 Å². The minimum absolute atomic E-state index is 0.0811. The lowest BCUT2D eigenvalue weighted by Crippen LogP contribution is -2.45. The fourth-order valence-electron chi connectivity index (χ4n) is 2.93. The number of nitrogens with zero attached hydrogens (tertiary/aromatic N) is 1. The molecule has 3 nitrogen and oxygen atoms in total.